The van der Waals surface area contributed by atoms with Crippen molar-refractivity contribution in [3.8, 4) is 6.07 Å². The van der Waals surface area contributed by atoms with Gasteiger partial charge in [0.2, 0.25) is 5.60 Å². The zero-order chi connectivity index (χ0) is 20.9. The Hall–Kier alpha value is -2.09. The lowest BCUT2D eigenvalue weighted by atomic mass is 9.92. The lowest BCUT2D eigenvalue weighted by Crippen LogP contribution is -2.40. The first-order valence-electron chi connectivity index (χ1n) is 10.4. The standard InChI is InChI=1S/C21H26N4O5/c1-13-14-7-8-16(25(14)24-12-23-13)21(11-22)19-18(29-20(2,3)30-19)15(28-21)10-27-17-6-4-5-9-26-17/h7-8,12,15,17-19H,4-6,9-10H2,1-3H3/t15-,17?,18-,19-,21?/m1/s1. The Morgan fingerprint density at radius 2 is 2.13 bits per heavy atom. The molecular formula is C21H26N4O5. The van der Waals surface area contributed by atoms with Gasteiger partial charge in [0, 0.05) is 6.61 Å². The first-order chi connectivity index (χ1) is 14.4. The zero-order valence-electron chi connectivity index (χ0n) is 17.4. The van der Waals surface area contributed by atoms with Crippen molar-refractivity contribution >= 4 is 5.52 Å². The number of hydrogen-bond acceptors (Lipinski definition) is 8. The molecule has 0 N–H and O–H groups in total. The predicted molar refractivity (Wildman–Crippen MR) is 103 cm³/mol. The summed E-state index contributed by atoms with van der Waals surface area (Å²) in [4.78, 5) is 4.24. The van der Waals surface area contributed by atoms with Crippen LogP contribution in [-0.2, 0) is 29.3 Å². The fourth-order valence-electron chi connectivity index (χ4n) is 4.61. The number of aromatic nitrogens is 3. The van der Waals surface area contributed by atoms with Gasteiger partial charge in [0.15, 0.2) is 12.1 Å². The highest BCUT2D eigenvalue weighted by Gasteiger charge is 2.65. The molecule has 5 atom stereocenters. The number of fused-ring (bicyclic) bond motifs is 2. The highest BCUT2D eigenvalue weighted by atomic mass is 16.8. The molecule has 30 heavy (non-hydrogen) atoms. The molecule has 160 valence electrons. The maximum Gasteiger partial charge on any atom is 0.226 e. The molecule has 5 rings (SSSR count). The highest BCUT2D eigenvalue weighted by molar-refractivity contribution is 5.54. The fourth-order valence-corrected chi connectivity index (χ4v) is 4.61. The number of hydrogen-bond donors (Lipinski definition) is 0. The Morgan fingerprint density at radius 3 is 2.90 bits per heavy atom. The average Bonchev–Trinajstić information content (AvgIpc) is 3.38. The second-order valence-electron chi connectivity index (χ2n) is 8.52. The summed E-state index contributed by atoms with van der Waals surface area (Å²) in [6.07, 6.45) is 2.66. The molecule has 2 aromatic heterocycles. The molecule has 5 heterocycles. The molecule has 0 aromatic carbocycles. The van der Waals surface area contributed by atoms with Crippen LogP contribution in [0.5, 0.6) is 0 Å². The lowest BCUT2D eigenvalue weighted by molar-refractivity contribution is -0.223. The van der Waals surface area contributed by atoms with Gasteiger partial charge in [0.05, 0.1) is 23.5 Å². The first-order valence-corrected chi connectivity index (χ1v) is 10.4. The van der Waals surface area contributed by atoms with Gasteiger partial charge in [-0.15, -0.1) is 0 Å². The van der Waals surface area contributed by atoms with Crippen molar-refractivity contribution in [1.29, 1.82) is 5.26 Å². The van der Waals surface area contributed by atoms with Crippen molar-refractivity contribution < 1.29 is 23.7 Å². The van der Waals surface area contributed by atoms with E-state index in [1.807, 2.05) is 32.9 Å². The van der Waals surface area contributed by atoms with Crippen LogP contribution < -0.4 is 0 Å². The monoisotopic (exact) mass is 414 g/mol. The maximum atomic E-state index is 10.3. The second-order valence-corrected chi connectivity index (χ2v) is 8.52. The molecule has 2 aromatic rings. The van der Waals surface area contributed by atoms with Crippen LogP contribution in [0, 0.1) is 18.3 Å². The number of ether oxygens (including phenoxy) is 5. The van der Waals surface area contributed by atoms with Gasteiger partial charge in [0.25, 0.3) is 0 Å². The van der Waals surface area contributed by atoms with Crippen LogP contribution in [-0.4, -0.2) is 58.2 Å². The summed E-state index contributed by atoms with van der Waals surface area (Å²) in [7, 11) is 0. The summed E-state index contributed by atoms with van der Waals surface area (Å²) in [5.74, 6) is -0.835. The zero-order valence-corrected chi connectivity index (χ0v) is 17.4. The number of nitrogens with zero attached hydrogens (tertiary/aromatic N) is 4. The number of nitriles is 1. The normalized spacial score (nSPS) is 35.4. The van der Waals surface area contributed by atoms with Crippen molar-refractivity contribution in [2.75, 3.05) is 13.2 Å². The van der Waals surface area contributed by atoms with Crippen LogP contribution in [0.25, 0.3) is 5.52 Å². The van der Waals surface area contributed by atoms with E-state index in [1.165, 1.54) is 6.33 Å². The van der Waals surface area contributed by atoms with Crippen LogP contribution in [0.1, 0.15) is 44.5 Å². The minimum Gasteiger partial charge on any atom is -0.353 e. The van der Waals surface area contributed by atoms with E-state index < -0.39 is 29.7 Å². The van der Waals surface area contributed by atoms with Crippen LogP contribution >= 0.6 is 0 Å². The molecule has 0 saturated carbocycles. The van der Waals surface area contributed by atoms with E-state index >= 15 is 0 Å². The second kappa shape index (κ2) is 7.25. The van der Waals surface area contributed by atoms with Gasteiger partial charge >= 0.3 is 0 Å². The van der Waals surface area contributed by atoms with Gasteiger partial charge in [-0.25, -0.2) is 9.50 Å². The van der Waals surface area contributed by atoms with E-state index in [0.29, 0.717) is 12.3 Å². The third-order valence-electron chi connectivity index (χ3n) is 6.01. The van der Waals surface area contributed by atoms with Crippen LogP contribution in [0.2, 0.25) is 0 Å². The summed E-state index contributed by atoms with van der Waals surface area (Å²) < 4.78 is 32.1. The first kappa shape index (κ1) is 19.8. The molecule has 0 aliphatic carbocycles. The molecule has 9 heteroatoms. The average molecular weight is 414 g/mol. The van der Waals surface area contributed by atoms with Gasteiger partial charge < -0.3 is 23.7 Å². The van der Waals surface area contributed by atoms with Crippen molar-refractivity contribution in [2.24, 2.45) is 0 Å². The minimum atomic E-state index is -1.38. The van der Waals surface area contributed by atoms with Gasteiger partial charge in [-0.3, -0.25) is 0 Å². The maximum absolute atomic E-state index is 10.3. The van der Waals surface area contributed by atoms with E-state index in [2.05, 4.69) is 16.2 Å². The fraction of sp³-hybridized carbons (Fsp3) is 0.667. The predicted octanol–water partition coefficient (Wildman–Crippen LogP) is 2.22. The molecule has 0 radical (unpaired) electrons. The van der Waals surface area contributed by atoms with Crippen LogP contribution in [0.15, 0.2) is 18.5 Å². The molecule has 3 aliphatic rings. The van der Waals surface area contributed by atoms with Gasteiger partial charge in [-0.05, 0) is 52.2 Å². The van der Waals surface area contributed by atoms with E-state index in [4.69, 9.17) is 23.7 Å². The van der Waals surface area contributed by atoms with Gasteiger partial charge in [0.1, 0.15) is 30.7 Å². The van der Waals surface area contributed by atoms with Crippen molar-refractivity contribution in [3.63, 3.8) is 0 Å². The third kappa shape index (κ3) is 3.11. The number of aryl methyl sites for hydroxylation is 1. The molecule has 3 saturated heterocycles. The van der Waals surface area contributed by atoms with Gasteiger partial charge in [-0.1, -0.05) is 0 Å². The Kier molecular flexibility index (Phi) is 4.80. The Balaban J connectivity index is 1.49. The van der Waals surface area contributed by atoms with Crippen molar-refractivity contribution in [3.05, 3.63) is 29.8 Å². The van der Waals surface area contributed by atoms with Crippen molar-refractivity contribution in [1.82, 2.24) is 14.6 Å². The molecule has 3 fully saturated rings. The smallest absolute Gasteiger partial charge is 0.226 e. The summed E-state index contributed by atoms with van der Waals surface area (Å²) in [5, 5.41) is 14.7. The lowest BCUT2D eigenvalue weighted by Gasteiger charge is -2.29. The largest absolute Gasteiger partial charge is 0.353 e. The van der Waals surface area contributed by atoms with Crippen LogP contribution in [0.3, 0.4) is 0 Å². The molecular weight excluding hydrogens is 388 g/mol. The number of rotatable bonds is 4. The van der Waals surface area contributed by atoms with Crippen molar-refractivity contribution in [2.45, 2.75) is 76.0 Å². The molecule has 9 nitrogen and oxygen atoms in total. The van der Waals surface area contributed by atoms with E-state index in [-0.39, 0.29) is 12.9 Å². The molecule has 2 unspecified atom stereocenters. The SMILES string of the molecule is Cc1ncnn2c(C3(C#N)O[C@H](COC4CCCCO4)[C@H]4OC(C)(C)O[C@H]43)ccc12. The quantitative estimate of drug-likeness (QED) is 0.751. The molecule has 3 aliphatic heterocycles. The van der Waals surface area contributed by atoms with E-state index in [1.54, 1.807) is 4.52 Å². The molecule has 0 spiro atoms. The molecule has 0 bridgehead atoms. The Labute approximate surface area is 174 Å². The Bertz CT molecular complexity index is 979. The third-order valence-corrected chi connectivity index (χ3v) is 6.01. The summed E-state index contributed by atoms with van der Waals surface area (Å²) in [5.41, 5.74) is 0.846. The summed E-state index contributed by atoms with van der Waals surface area (Å²) in [6.45, 7) is 6.55. The minimum absolute atomic E-state index is 0.252. The van der Waals surface area contributed by atoms with E-state index in [0.717, 1.165) is 30.5 Å². The summed E-state index contributed by atoms with van der Waals surface area (Å²) >= 11 is 0. The topological polar surface area (TPSA) is 100 Å². The Morgan fingerprint density at radius 1 is 1.27 bits per heavy atom. The van der Waals surface area contributed by atoms with Gasteiger partial charge in [-0.2, -0.15) is 10.4 Å². The molecule has 0 amide bonds. The van der Waals surface area contributed by atoms with E-state index in [9.17, 15) is 5.26 Å². The summed E-state index contributed by atoms with van der Waals surface area (Å²) in [6, 6.07) is 6.11. The van der Waals surface area contributed by atoms with Crippen LogP contribution in [0.4, 0.5) is 0 Å². The highest BCUT2D eigenvalue weighted by Crippen LogP contribution is 2.49.